The first-order chi connectivity index (χ1) is 13.4. The van der Waals surface area contributed by atoms with Crippen molar-refractivity contribution in [3.63, 3.8) is 0 Å². The SMILES string of the molecule is COc1cc(NC(=O)COC(=O)c2oc3c(Cl)cccc3c2C)cc(OC)c1. The highest BCUT2D eigenvalue weighted by molar-refractivity contribution is 6.35. The molecular formula is C20H18ClNO6. The van der Waals surface area contributed by atoms with Gasteiger partial charge in [-0.3, -0.25) is 4.79 Å². The lowest BCUT2D eigenvalue weighted by atomic mass is 10.1. The molecule has 0 aliphatic carbocycles. The molecule has 1 amide bonds. The Morgan fingerprint density at radius 3 is 2.39 bits per heavy atom. The van der Waals surface area contributed by atoms with Crippen LogP contribution >= 0.6 is 11.6 Å². The third-order valence-corrected chi connectivity index (χ3v) is 4.37. The zero-order valence-corrected chi connectivity index (χ0v) is 16.3. The number of hydrogen-bond acceptors (Lipinski definition) is 6. The lowest BCUT2D eigenvalue weighted by molar-refractivity contribution is -0.119. The first kappa shape index (κ1) is 19.6. The summed E-state index contributed by atoms with van der Waals surface area (Å²) in [6.45, 7) is 1.24. The number of aryl methyl sites for hydroxylation is 1. The quantitative estimate of drug-likeness (QED) is 0.620. The number of para-hydroxylation sites is 1. The van der Waals surface area contributed by atoms with Crippen LogP contribution in [-0.4, -0.2) is 32.7 Å². The van der Waals surface area contributed by atoms with Crippen LogP contribution in [0.4, 0.5) is 5.69 Å². The van der Waals surface area contributed by atoms with Crippen molar-refractivity contribution in [3.8, 4) is 11.5 Å². The summed E-state index contributed by atoms with van der Waals surface area (Å²) < 4.78 is 20.9. The molecule has 28 heavy (non-hydrogen) atoms. The van der Waals surface area contributed by atoms with Crippen molar-refractivity contribution >= 4 is 40.1 Å². The van der Waals surface area contributed by atoms with Gasteiger partial charge in [-0.2, -0.15) is 0 Å². The summed E-state index contributed by atoms with van der Waals surface area (Å²) in [5, 5.41) is 3.73. The van der Waals surface area contributed by atoms with Crippen LogP contribution in [0.15, 0.2) is 40.8 Å². The van der Waals surface area contributed by atoms with Gasteiger partial charge in [0, 0.05) is 34.8 Å². The van der Waals surface area contributed by atoms with E-state index in [9.17, 15) is 9.59 Å². The number of esters is 1. The predicted octanol–water partition coefficient (Wildman–Crippen LogP) is 4.21. The minimum atomic E-state index is -0.747. The average molecular weight is 404 g/mol. The number of halogens is 1. The van der Waals surface area contributed by atoms with Gasteiger partial charge in [0.15, 0.2) is 12.2 Å². The minimum Gasteiger partial charge on any atom is -0.497 e. The average Bonchev–Trinajstić information content (AvgIpc) is 3.04. The van der Waals surface area contributed by atoms with Gasteiger partial charge in [-0.1, -0.05) is 23.7 Å². The summed E-state index contributed by atoms with van der Waals surface area (Å²) in [6, 6.07) is 10.1. The number of nitrogens with one attached hydrogen (secondary N) is 1. The van der Waals surface area contributed by atoms with Crippen LogP contribution < -0.4 is 14.8 Å². The van der Waals surface area contributed by atoms with E-state index in [-0.39, 0.29) is 5.76 Å². The Labute approximate surface area is 166 Å². The predicted molar refractivity (Wildman–Crippen MR) is 104 cm³/mol. The van der Waals surface area contributed by atoms with Gasteiger partial charge >= 0.3 is 5.97 Å². The van der Waals surface area contributed by atoms with Gasteiger partial charge in [-0.15, -0.1) is 0 Å². The lowest BCUT2D eigenvalue weighted by Gasteiger charge is -2.10. The highest BCUT2D eigenvalue weighted by Gasteiger charge is 2.21. The van der Waals surface area contributed by atoms with Gasteiger partial charge in [-0.05, 0) is 13.0 Å². The van der Waals surface area contributed by atoms with Gasteiger partial charge < -0.3 is 23.9 Å². The zero-order valence-electron chi connectivity index (χ0n) is 15.5. The first-order valence-electron chi connectivity index (χ1n) is 8.30. The van der Waals surface area contributed by atoms with E-state index in [2.05, 4.69) is 5.32 Å². The molecule has 0 aliphatic heterocycles. The number of ether oxygens (including phenoxy) is 3. The van der Waals surface area contributed by atoms with E-state index in [0.29, 0.717) is 38.7 Å². The molecule has 0 unspecified atom stereocenters. The highest BCUT2D eigenvalue weighted by atomic mass is 35.5. The van der Waals surface area contributed by atoms with Crippen LogP contribution in [0.3, 0.4) is 0 Å². The molecule has 7 nitrogen and oxygen atoms in total. The van der Waals surface area contributed by atoms with Gasteiger partial charge in [0.05, 0.1) is 19.2 Å². The van der Waals surface area contributed by atoms with E-state index in [1.54, 1.807) is 43.3 Å². The molecule has 0 aliphatic rings. The molecule has 1 heterocycles. The third-order valence-electron chi connectivity index (χ3n) is 4.07. The van der Waals surface area contributed by atoms with Crippen LogP contribution in [0, 0.1) is 6.92 Å². The van der Waals surface area contributed by atoms with E-state index in [0.717, 1.165) is 0 Å². The Kier molecular flexibility index (Phi) is 5.75. The van der Waals surface area contributed by atoms with Crippen molar-refractivity contribution in [2.75, 3.05) is 26.1 Å². The third kappa shape index (κ3) is 4.04. The molecule has 1 N–H and O–H groups in total. The molecule has 1 aromatic heterocycles. The van der Waals surface area contributed by atoms with Crippen LogP contribution in [0.25, 0.3) is 11.0 Å². The second kappa shape index (κ2) is 8.22. The molecule has 8 heteroatoms. The Balaban J connectivity index is 1.67. The summed E-state index contributed by atoms with van der Waals surface area (Å²) >= 11 is 6.08. The molecule has 3 aromatic rings. The molecule has 0 saturated heterocycles. The van der Waals surface area contributed by atoms with E-state index in [1.807, 2.05) is 0 Å². The second-order valence-corrected chi connectivity index (χ2v) is 6.31. The van der Waals surface area contributed by atoms with Crippen LogP contribution in [-0.2, 0) is 9.53 Å². The van der Waals surface area contributed by atoms with Crippen molar-refractivity contribution in [1.29, 1.82) is 0 Å². The number of anilines is 1. The second-order valence-electron chi connectivity index (χ2n) is 5.90. The lowest BCUT2D eigenvalue weighted by Crippen LogP contribution is -2.21. The van der Waals surface area contributed by atoms with E-state index >= 15 is 0 Å². The van der Waals surface area contributed by atoms with Gasteiger partial charge in [0.2, 0.25) is 5.76 Å². The minimum absolute atomic E-state index is 0.0129. The number of carbonyl (C=O) groups excluding carboxylic acids is 2. The number of amides is 1. The highest BCUT2D eigenvalue weighted by Crippen LogP contribution is 2.31. The number of benzene rings is 2. The molecule has 3 rings (SSSR count). The van der Waals surface area contributed by atoms with Crippen molar-refractivity contribution in [2.24, 2.45) is 0 Å². The molecule has 0 saturated carbocycles. The van der Waals surface area contributed by atoms with Crippen LogP contribution in [0.2, 0.25) is 5.02 Å². The monoisotopic (exact) mass is 403 g/mol. The van der Waals surface area contributed by atoms with Crippen LogP contribution in [0.1, 0.15) is 16.1 Å². The number of rotatable bonds is 6. The molecule has 0 fully saturated rings. The standard InChI is InChI=1S/C20H18ClNO6/c1-11-15-5-4-6-16(21)19(15)28-18(11)20(24)27-10-17(23)22-12-7-13(25-2)9-14(8-12)26-3/h4-9H,10H2,1-3H3,(H,22,23). The Hall–Kier alpha value is -3.19. The normalized spacial score (nSPS) is 10.6. The van der Waals surface area contributed by atoms with E-state index < -0.39 is 18.5 Å². The van der Waals surface area contributed by atoms with Gasteiger partial charge in [0.1, 0.15) is 11.5 Å². The molecule has 2 aromatic carbocycles. The van der Waals surface area contributed by atoms with E-state index in [4.69, 9.17) is 30.2 Å². The number of fused-ring (bicyclic) bond motifs is 1. The molecule has 146 valence electrons. The molecule has 0 atom stereocenters. The largest absolute Gasteiger partial charge is 0.497 e. The van der Waals surface area contributed by atoms with Crippen molar-refractivity contribution in [3.05, 3.63) is 52.7 Å². The van der Waals surface area contributed by atoms with Crippen molar-refractivity contribution < 1.29 is 28.2 Å². The first-order valence-corrected chi connectivity index (χ1v) is 8.68. The maximum absolute atomic E-state index is 12.3. The molecule has 0 bridgehead atoms. The topological polar surface area (TPSA) is 87.0 Å². The Morgan fingerprint density at radius 2 is 1.79 bits per heavy atom. The Morgan fingerprint density at radius 1 is 1.11 bits per heavy atom. The van der Waals surface area contributed by atoms with E-state index in [1.165, 1.54) is 14.2 Å². The fraction of sp³-hybridized carbons (Fsp3) is 0.200. The van der Waals surface area contributed by atoms with Gasteiger partial charge in [-0.25, -0.2) is 4.79 Å². The fourth-order valence-electron chi connectivity index (χ4n) is 2.68. The van der Waals surface area contributed by atoms with Crippen LogP contribution in [0.5, 0.6) is 11.5 Å². The molecule has 0 radical (unpaired) electrons. The summed E-state index contributed by atoms with van der Waals surface area (Å²) in [4.78, 5) is 24.5. The van der Waals surface area contributed by atoms with Crippen molar-refractivity contribution in [2.45, 2.75) is 6.92 Å². The summed E-state index contributed by atoms with van der Waals surface area (Å²) in [5.41, 5.74) is 1.45. The van der Waals surface area contributed by atoms with Crippen molar-refractivity contribution in [1.82, 2.24) is 0 Å². The summed E-state index contributed by atoms with van der Waals surface area (Å²) in [6.07, 6.45) is 0. The number of methoxy groups -OCH3 is 2. The zero-order chi connectivity index (χ0) is 20.3. The smallest absolute Gasteiger partial charge is 0.375 e. The molecular weight excluding hydrogens is 386 g/mol. The maximum atomic E-state index is 12.3. The summed E-state index contributed by atoms with van der Waals surface area (Å²) in [7, 11) is 3.01. The molecule has 0 spiro atoms. The number of hydrogen-bond donors (Lipinski definition) is 1. The Bertz CT molecular complexity index is 1020. The number of carbonyl (C=O) groups is 2. The van der Waals surface area contributed by atoms with Gasteiger partial charge in [0.25, 0.3) is 5.91 Å². The number of furan rings is 1. The maximum Gasteiger partial charge on any atom is 0.375 e. The summed E-state index contributed by atoms with van der Waals surface area (Å²) in [5.74, 6) is -0.222. The fourth-order valence-corrected chi connectivity index (χ4v) is 2.89.